The SMILES string of the molecule is COc1ccc(CCNc2ncnc(NNC(=O)c3ccccn3)c2N)cc1OC. The maximum Gasteiger partial charge on any atom is 0.288 e. The molecule has 0 aliphatic heterocycles. The average molecular weight is 409 g/mol. The maximum atomic E-state index is 12.1. The van der Waals surface area contributed by atoms with Crippen LogP contribution in [0.3, 0.4) is 0 Å². The Labute approximate surface area is 173 Å². The van der Waals surface area contributed by atoms with Crippen molar-refractivity contribution in [3.63, 3.8) is 0 Å². The van der Waals surface area contributed by atoms with E-state index in [1.165, 1.54) is 12.5 Å². The summed E-state index contributed by atoms with van der Waals surface area (Å²) < 4.78 is 10.6. The van der Waals surface area contributed by atoms with Crippen molar-refractivity contribution in [2.45, 2.75) is 6.42 Å². The molecule has 0 bridgehead atoms. The first kappa shape index (κ1) is 20.6. The van der Waals surface area contributed by atoms with Crippen molar-refractivity contribution in [1.29, 1.82) is 0 Å². The molecule has 0 saturated heterocycles. The highest BCUT2D eigenvalue weighted by atomic mass is 16.5. The number of carbonyl (C=O) groups excluding carboxylic acids is 1. The highest BCUT2D eigenvalue weighted by Crippen LogP contribution is 2.28. The number of benzene rings is 1. The molecule has 2 heterocycles. The zero-order chi connectivity index (χ0) is 21.3. The molecule has 30 heavy (non-hydrogen) atoms. The van der Waals surface area contributed by atoms with Gasteiger partial charge in [-0.25, -0.2) is 9.97 Å². The Balaban J connectivity index is 1.58. The number of pyridine rings is 1. The molecule has 0 aliphatic rings. The number of nitrogens with two attached hydrogens (primary N) is 1. The predicted octanol–water partition coefficient (Wildman–Crippen LogP) is 1.88. The fraction of sp³-hybridized carbons (Fsp3) is 0.200. The smallest absolute Gasteiger partial charge is 0.288 e. The molecule has 3 aromatic rings. The Bertz CT molecular complexity index is 999. The zero-order valence-corrected chi connectivity index (χ0v) is 16.7. The van der Waals surface area contributed by atoms with Crippen LogP contribution < -0.4 is 31.4 Å². The molecule has 0 fully saturated rings. The van der Waals surface area contributed by atoms with Crippen LogP contribution in [0.15, 0.2) is 48.9 Å². The molecule has 156 valence electrons. The molecular formula is C20H23N7O3. The largest absolute Gasteiger partial charge is 0.493 e. The van der Waals surface area contributed by atoms with Gasteiger partial charge in [-0.05, 0) is 36.2 Å². The number of aromatic nitrogens is 3. The monoisotopic (exact) mass is 409 g/mol. The van der Waals surface area contributed by atoms with E-state index in [4.69, 9.17) is 15.2 Å². The number of ether oxygens (including phenoxy) is 2. The molecule has 0 radical (unpaired) electrons. The second-order valence-corrected chi connectivity index (χ2v) is 6.14. The van der Waals surface area contributed by atoms with Crippen molar-refractivity contribution in [3.05, 3.63) is 60.2 Å². The summed E-state index contributed by atoms with van der Waals surface area (Å²) in [6, 6.07) is 10.8. The molecule has 0 atom stereocenters. The lowest BCUT2D eigenvalue weighted by Gasteiger charge is -2.13. The third kappa shape index (κ3) is 5.04. The molecule has 0 saturated carbocycles. The van der Waals surface area contributed by atoms with Crippen LogP contribution in [-0.4, -0.2) is 41.6 Å². The third-order valence-electron chi connectivity index (χ3n) is 4.23. The lowest BCUT2D eigenvalue weighted by atomic mass is 10.1. The zero-order valence-electron chi connectivity index (χ0n) is 16.7. The highest BCUT2D eigenvalue weighted by Gasteiger charge is 2.11. The first-order chi connectivity index (χ1) is 14.6. The van der Waals surface area contributed by atoms with Crippen LogP contribution in [0, 0.1) is 0 Å². The standard InChI is InChI=1S/C20H23N7O3/c1-29-15-7-6-13(11-16(15)30-2)8-10-23-18-17(21)19(25-12-24-18)26-27-20(28)14-5-3-4-9-22-14/h3-7,9,11-12H,8,10,21H2,1-2H3,(H,27,28)(H2,23,24,25,26). The Morgan fingerprint density at radius 1 is 1.03 bits per heavy atom. The second kappa shape index (κ2) is 9.92. The minimum atomic E-state index is -0.406. The fourth-order valence-electron chi connectivity index (χ4n) is 2.67. The number of methoxy groups -OCH3 is 2. The van der Waals surface area contributed by atoms with Gasteiger partial charge >= 0.3 is 0 Å². The molecule has 1 aromatic carbocycles. The van der Waals surface area contributed by atoms with Crippen LogP contribution in [0.2, 0.25) is 0 Å². The normalized spacial score (nSPS) is 10.2. The van der Waals surface area contributed by atoms with Crippen molar-refractivity contribution in [1.82, 2.24) is 20.4 Å². The summed E-state index contributed by atoms with van der Waals surface area (Å²) in [6.07, 6.45) is 3.60. The summed E-state index contributed by atoms with van der Waals surface area (Å²) >= 11 is 0. The van der Waals surface area contributed by atoms with E-state index in [0.29, 0.717) is 30.3 Å². The highest BCUT2D eigenvalue weighted by molar-refractivity contribution is 5.93. The van der Waals surface area contributed by atoms with E-state index < -0.39 is 5.91 Å². The minimum Gasteiger partial charge on any atom is -0.493 e. The van der Waals surface area contributed by atoms with Gasteiger partial charge in [0, 0.05) is 12.7 Å². The van der Waals surface area contributed by atoms with E-state index >= 15 is 0 Å². The maximum absolute atomic E-state index is 12.1. The van der Waals surface area contributed by atoms with Gasteiger partial charge in [-0.15, -0.1) is 0 Å². The molecular weight excluding hydrogens is 386 g/mol. The summed E-state index contributed by atoms with van der Waals surface area (Å²) in [5.41, 5.74) is 12.9. The average Bonchev–Trinajstić information content (AvgIpc) is 2.79. The van der Waals surface area contributed by atoms with Crippen molar-refractivity contribution in [3.8, 4) is 11.5 Å². The predicted molar refractivity (Wildman–Crippen MR) is 114 cm³/mol. The van der Waals surface area contributed by atoms with E-state index in [-0.39, 0.29) is 17.2 Å². The van der Waals surface area contributed by atoms with Gasteiger partial charge in [0.2, 0.25) is 0 Å². The van der Waals surface area contributed by atoms with Crippen molar-refractivity contribution >= 4 is 23.2 Å². The van der Waals surface area contributed by atoms with Gasteiger partial charge in [-0.3, -0.25) is 20.6 Å². The van der Waals surface area contributed by atoms with E-state index in [1.54, 1.807) is 32.4 Å². The number of nitrogen functional groups attached to an aromatic ring is 1. The Hall–Kier alpha value is -4.08. The number of nitrogens with zero attached hydrogens (tertiary/aromatic N) is 3. The van der Waals surface area contributed by atoms with Crippen LogP contribution in [0.25, 0.3) is 0 Å². The van der Waals surface area contributed by atoms with Crippen molar-refractivity contribution in [2.75, 3.05) is 37.2 Å². The van der Waals surface area contributed by atoms with Gasteiger partial charge in [-0.1, -0.05) is 12.1 Å². The van der Waals surface area contributed by atoms with Crippen LogP contribution in [0.1, 0.15) is 16.1 Å². The molecule has 10 nitrogen and oxygen atoms in total. The summed E-state index contributed by atoms with van der Waals surface area (Å²) in [7, 11) is 3.20. The first-order valence-electron chi connectivity index (χ1n) is 9.15. The van der Waals surface area contributed by atoms with E-state index in [9.17, 15) is 4.79 Å². The van der Waals surface area contributed by atoms with E-state index in [0.717, 1.165) is 5.56 Å². The van der Waals surface area contributed by atoms with Crippen LogP contribution in [0.4, 0.5) is 17.3 Å². The lowest BCUT2D eigenvalue weighted by molar-refractivity contribution is 0.0957. The third-order valence-corrected chi connectivity index (χ3v) is 4.23. The van der Waals surface area contributed by atoms with Crippen molar-refractivity contribution in [2.24, 2.45) is 0 Å². The lowest BCUT2D eigenvalue weighted by Crippen LogP contribution is -2.31. The molecule has 1 amide bonds. The number of amides is 1. The van der Waals surface area contributed by atoms with Gasteiger partial charge in [0.15, 0.2) is 23.1 Å². The first-order valence-corrected chi connectivity index (χ1v) is 9.15. The number of carbonyl (C=O) groups is 1. The van der Waals surface area contributed by atoms with E-state index in [2.05, 4.69) is 31.1 Å². The molecule has 5 N–H and O–H groups in total. The Morgan fingerprint density at radius 2 is 1.83 bits per heavy atom. The molecule has 0 spiro atoms. The number of hydrazine groups is 1. The molecule has 0 aliphatic carbocycles. The van der Waals surface area contributed by atoms with E-state index in [1.807, 2.05) is 18.2 Å². The summed E-state index contributed by atoms with van der Waals surface area (Å²) in [6.45, 7) is 0.580. The van der Waals surface area contributed by atoms with Crippen LogP contribution in [0.5, 0.6) is 11.5 Å². The molecule has 10 heteroatoms. The molecule has 2 aromatic heterocycles. The fourth-order valence-corrected chi connectivity index (χ4v) is 2.67. The van der Waals surface area contributed by atoms with Gasteiger partial charge in [0.25, 0.3) is 5.91 Å². The van der Waals surface area contributed by atoms with Gasteiger partial charge in [-0.2, -0.15) is 0 Å². The number of rotatable bonds is 9. The molecule has 0 unspecified atom stereocenters. The summed E-state index contributed by atoms with van der Waals surface area (Å²) in [5, 5.41) is 3.17. The Kier molecular flexibility index (Phi) is 6.83. The van der Waals surface area contributed by atoms with Crippen LogP contribution >= 0.6 is 0 Å². The topological polar surface area (TPSA) is 136 Å². The number of hydrogen-bond donors (Lipinski definition) is 4. The quantitative estimate of drug-likeness (QED) is 0.390. The second-order valence-electron chi connectivity index (χ2n) is 6.14. The summed E-state index contributed by atoms with van der Waals surface area (Å²) in [5.74, 6) is 1.68. The number of anilines is 3. The van der Waals surface area contributed by atoms with Gasteiger partial charge in [0.05, 0.1) is 14.2 Å². The molecule has 3 rings (SSSR count). The van der Waals surface area contributed by atoms with Gasteiger partial charge < -0.3 is 20.5 Å². The Morgan fingerprint density at radius 3 is 2.57 bits per heavy atom. The minimum absolute atomic E-state index is 0.269. The summed E-state index contributed by atoms with van der Waals surface area (Å²) in [4.78, 5) is 24.3. The number of nitrogens with one attached hydrogen (secondary N) is 3. The van der Waals surface area contributed by atoms with Crippen LogP contribution in [-0.2, 0) is 6.42 Å². The van der Waals surface area contributed by atoms with Gasteiger partial charge in [0.1, 0.15) is 17.7 Å². The van der Waals surface area contributed by atoms with Crippen molar-refractivity contribution < 1.29 is 14.3 Å². The number of hydrogen-bond acceptors (Lipinski definition) is 9.